The molecule has 1 rings (SSSR count). The van der Waals surface area contributed by atoms with Gasteiger partial charge in [-0.3, -0.25) is 9.11 Å². The number of nitrogens with two attached hydrogens (primary N) is 2. The third-order valence-corrected chi connectivity index (χ3v) is 2.37. The molecular formula is C11H23N3O6S. The summed E-state index contributed by atoms with van der Waals surface area (Å²) in [4.78, 5) is 2.12. The van der Waals surface area contributed by atoms with Gasteiger partial charge in [-0.1, -0.05) is 0 Å². The third kappa shape index (κ3) is 12.1. The number of nitrogen functional groups attached to an aromatic ring is 1. The lowest BCUT2D eigenvalue weighted by Crippen LogP contribution is -2.26. The van der Waals surface area contributed by atoms with Gasteiger partial charge in [0.25, 0.3) is 0 Å². The number of aryl methyl sites for hydroxylation is 1. The van der Waals surface area contributed by atoms with Crippen LogP contribution in [0.15, 0.2) is 18.2 Å². The molecular weight excluding hydrogens is 302 g/mol. The van der Waals surface area contributed by atoms with Crippen LogP contribution in [0.1, 0.15) is 12.5 Å². The molecule has 0 bridgehead atoms. The van der Waals surface area contributed by atoms with E-state index in [0.717, 1.165) is 23.5 Å². The highest BCUT2D eigenvalue weighted by atomic mass is 32.3. The van der Waals surface area contributed by atoms with Crippen LogP contribution in [0.2, 0.25) is 0 Å². The predicted octanol–water partition coefficient (Wildman–Crippen LogP) is 0.0773. The molecule has 0 aromatic heterocycles. The van der Waals surface area contributed by atoms with E-state index in [0.29, 0.717) is 6.54 Å². The maximum atomic E-state index is 8.89. The normalized spacial score (nSPS) is 9.86. The number of nitrogens with zero attached hydrogens (tertiary/aromatic N) is 1. The quantitative estimate of drug-likeness (QED) is 0.255. The van der Waals surface area contributed by atoms with Crippen LogP contribution in [0.3, 0.4) is 0 Å². The van der Waals surface area contributed by atoms with E-state index in [1.807, 2.05) is 19.1 Å². The summed E-state index contributed by atoms with van der Waals surface area (Å²) >= 11 is 0. The van der Waals surface area contributed by atoms with Crippen LogP contribution in [0, 0.1) is 6.92 Å². The summed E-state index contributed by atoms with van der Waals surface area (Å²) in [6, 6.07) is 5.95. The van der Waals surface area contributed by atoms with E-state index < -0.39 is 10.4 Å². The van der Waals surface area contributed by atoms with Gasteiger partial charge in [-0.05, 0) is 37.6 Å². The summed E-state index contributed by atoms with van der Waals surface area (Å²) in [5.74, 6) is 3.50. The summed E-state index contributed by atoms with van der Waals surface area (Å²) in [6.45, 7) is 5.80. The summed E-state index contributed by atoms with van der Waals surface area (Å²) in [5, 5.41) is 15.4. The van der Waals surface area contributed by atoms with Crippen molar-refractivity contribution in [3.63, 3.8) is 0 Å². The Hall–Kier alpha value is -1.43. The molecule has 0 heterocycles. The van der Waals surface area contributed by atoms with E-state index in [2.05, 4.69) is 23.8 Å². The Balaban J connectivity index is 0. The smallest absolute Gasteiger partial charge is 0.394 e. The fraction of sp³-hybridized carbons (Fsp3) is 0.455. The minimum absolute atomic E-state index is 0.178. The zero-order valence-electron chi connectivity index (χ0n) is 12.0. The predicted molar refractivity (Wildman–Crippen MR) is 80.7 cm³/mol. The van der Waals surface area contributed by atoms with Crippen molar-refractivity contribution in [1.82, 2.24) is 0 Å². The van der Waals surface area contributed by atoms with E-state index in [1.54, 1.807) is 0 Å². The molecule has 9 nitrogen and oxygen atoms in total. The Bertz CT molecular complexity index is 487. The lowest BCUT2D eigenvalue weighted by molar-refractivity contribution is 0.302. The number of rotatable bonds is 4. The standard InChI is InChI=1S/C11H18N2O.H3NO.H2O4S/c1-3-13(6-7-14)10-4-5-11(12)9(2)8-10;1-2;1-5(2,3)4/h4-5,8,14H,3,6-7,12H2,1-2H3;2H,1H2;(H2,1,2,3,4). The monoisotopic (exact) mass is 325 g/mol. The van der Waals surface area contributed by atoms with Crippen LogP contribution in [-0.4, -0.2) is 47.5 Å². The first-order chi connectivity index (χ1) is 9.69. The molecule has 0 spiro atoms. The average Bonchev–Trinajstić information content (AvgIpc) is 2.40. The van der Waals surface area contributed by atoms with Crippen molar-refractivity contribution in [2.45, 2.75) is 13.8 Å². The molecule has 0 amide bonds. The fourth-order valence-corrected chi connectivity index (χ4v) is 1.45. The molecule has 0 aliphatic carbocycles. The number of anilines is 2. The summed E-state index contributed by atoms with van der Waals surface area (Å²) in [7, 11) is -4.67. The molecule has 8 N–H and O–H groups in total. The van der Waals surface area contributed by atoms with Gasteiger partial charge in [-0.15, -0.1) is 0 Å². The van der Waals surface area contributed by atoms with Crippen molar-refractivity contribution in [3.8, 4) is 0 Å². The maximum absolute atomic E-state index is 8.89. The number of aliphatic hydroxyl groups is 1. The molecule has 0 saturated heterocycles. The van der Waals surface area contributed by atoms with E-state index >= 15 is 0 Å². The van der Waals surface area contributed by atoms with E-state index in [4.69, 9.17) is 33.6 Å². The Morgan fingerprint density at radius 2 is 1.71 bits per heavy atom. The summed E-state index contributed by atoms with van der Waals surface area (Å²) in [6.07, 6.45) is 0. The van der Waals surface area contributed by atoms with Gasteiger partial charge in [0.15, 0.2) is 0 Å². The van der Waals surface area contributed by atoms with Crippen LogP contribution < -0.4 is 16.5 Å². The van der Waals surface area contributed by atoms with Gasteiger partial charge in [0, 0.05) is 24.5 Å². The lowest BCUT2D eigenvalue weighted by atomic mass is 10.1. The summed E-state index contributed by atoms with van der Waals surface area (Å²) in [5.41, 5.74) is 8.75. The Morgan fingerprint density at radius 3 is 2.05 bits per heavy atom. The van der Waals surface area contributed by atoms with Gasteiger partial charge >= 0.3 is 10.4 Å². The molecule has 0 atom stereocenters. The molecule has 0 aliphatic rings. The zero-order valence-corrected chi connectivity index (χ0v) is 12.8. The van der Waals surface area contributed by atoms with Crippen molar-refractivity contribution < 1.29 is 27.8 Å². The lowest BCUT2D eigenvalue weighted by Gasteiger charge is -2.22. The average molecular weight is 325 g/mol. The van der Waals surface area contributed by atoms with E-state index in [-0.39, 0.29) is 6.61 Å². The van der Waals surface area contributed by atoms with Crippen molar-refractivity contribution in [2.75, 3.05) is 30.3 Å². The highest BCUT2D eigenvalue weighted by Crippen LogP contribution is 2.19. The van der Waals surface area contributed by atoms with E-state index in [1.165, 1.54) is 0 Å². The highest BCUT2D eigenvalue weighted by Gasteiger charge is 2.04. The Labute approximate surface area is 124 Å². The topological polar surface area (TPSA) is 170 Å². The molecule has 0 aliphatic heterocycles. The first kappa shape index (κ1) is 21.9. The number of aliphatic hydroxyl groups excluding tert-OH is 1. The highest BCUT2D eigenvalue weighted by molar-refractivity contribution is 7.79. The van der Waals surface area contributed by atoms with Crippen molar-refractivity contribution in [1.29, 1.82) is 0 Å². The van der Waals surface area contributed by atoms with Crippen molar-refractivity contribution in [2.24, 2.45) is 5.90 Å². The van der Waals surface area contributed by atoms with Gasteiger partial charge in [0.1, 0.15) is 0 Å². The molecule has 10 heteroatoms. The third-order valence-electron chi connectivity index (χ3n) is 2.37. The second-order valence-electron chi connectivity index (χ2n) is 3.79. The molecule has 21 heavy (non-hydrogen) atoms. The second-order valence-corrected chi connectivity index (χ2v) is 4.69. The zero-order chi connectivity index (χ0) is 17.1. The van der Waals surface area contributed by atoms with Gasteiger partial charge in [0.2, 0.25) is 0 Å². The first-order valence-electron chi connectivity index (χ1n) is 5.86. The first-order valence-corrected chi connectivity index (χ1v) is 7.26. The molecule has 0 radical (unpaired) electrons. The fourth-order valence-electron chi connectivity index (χ4n) is 1.45. The van der Waals surface area contributed by atoms with Crippen LogP contribution in [0.4, 0.5) is 11.4 Å². The SMILES string of the molecule is CCN(CCO)c1ccc(N)c(C)c1.NO.O=S(=O)(O)O. The van der Waals surface area contributed by atoms with Crippen LogP contribution in [0.5, 0.6) is 0 Å². The van der Waals surface area contributed by atoms with Crippen LogP contribution in [-0.2, 0) is 10.4 Å². The van der Waals surface area contributed by atoms with Gasteiger partial charge in [-0.25, -0.2) is 5.90 Å². The largest absolute Gasteiger partial charge is 0.399 e. The molecule has 124 valence electrons. The van der Waals surface area contributed by atoms with Crippen molar-refractivity contribution >= 4 is 21.8 Å². The van der Waals surface area contributed by atoms with E-state index in [9.17, 15) is 0 Å². The molecule has 0 fully saturated rings. The molecule has 0 saturated carbocycles. The number of hydrogen-bond acceptors (Lipinski definition) is 7. The van der Waals surface area contributed by atoms with Crippen LogP contribution in [0.25, 0.3) is 0 Å². The molecule has 0 unspecified atom stereocenters. The Kier molecular flexibility index (Phi) is 11.7. The van der Waals surface area contributed by atoms with Gasteiger partial charge in [0.05, 0.1) is 6.61 Å². The Morgan fingerprint density at radius 1 is 1.24 bits per heavy atom. The molecule has 1 aromatic carbocycles. The number of hydrogen-bond donors (Lipinski definition) is 6. The number of benzene rings is 1. The minimum Gasteiger partial charge on any atom is -0.399 e. The van der Waals surface area contributed by atoms with Gasteiger partial charge < -0.3 is 20.9 Å². The second kappa shape index (κ2) is 11.3. The number of likely N-dealkylation sites (N-methyl/N-ethyl adjacent to an activating group) is 1. The minimum atomic E-state index is -4.67. The van der Waals surface area contributed by atoms with Crippen LogP contribution >= 0.6 is 0 Å². The summed E-state index contributed by atoms with van der Waals surface area (Å²) < 4.78 is 31.6. The van der Waals surface area contributed by atoms with Gasteiger partial charge in [-0.2, -0.15) is 8.42 Å². The van der Waals surface area contributed by atoms with Crippen molar-refractivity contribution in [3.05, 3.63) is 23.8 Å². The maximum Gasteiger partial charge on any atom is 0.394 e. The molecule has 1 aromatic rings.